The molecule has 1 aliphatic rings. The van der Waals surface area contributed by atoms with E-state index < -0.39 is 12.1 Å². The molecule has 4 nitrogen and oxygen atoms in total. The lowest BCUT2D eigenvalue weighted by molar-refractivity contribution is -0.146. The zero-order valence-electron chi connectivity index (χ0n) is 13.2. The Morgan fingerprint density at radius 3 is 2.81 bits per heavy atom. The van der Waals surface area contributed by atoms with Crippen molar-refractivity contribution >= 4 is 5.97 Å². The van der Waals surface area contributed by atoms with Gasteiger partial charge < -0.3 is 14.6 Å². The first-order valence-electron chi connectivity index (χ1n) is 7.39. The summed E-state index contributed by atoms with van der Waals surface area (Å²) in [5.41, 5.74) is 2.26. The molecule has 0 spiro atoms. The predicted octanol–water partition coefficient (Wildman–Crippen LogP) is 2.93. The highest BCUT2D eigenvalue weighted by atomic mass is 16.6. The molecule has 1 aliphatic heterocycles. The van der Waals surface area contributed by atoms with Gasteiger partial charge in [-0.25, -0.2) is 4.79 Å². The summed E-state index contributed by atoms with van der Waals surface area (Å²) in [7, 11) is 1.61. The molecule has 0 aromatic rings. The Kier molecular flexibility index (Phi) is 8.01. The van der Waals surface area contributed by atoms with Crippen LogP contribution in [0.3, 0.4) is 0 Å². The summed E-state index contributed by atoms with van der Waals surface area (Å²) in [4.78, 5) is 11.8. The van der Waals surface area contributed by atoms with Crippen molar-refractivity contribution in [3.8, 4) is 0 Å². The summed E-state index contributed by atoms with van der Waals surface area (Å²) < 4.78 is 10.6. The van der Waals surface area contributed by atoms with Crippen LogP contribution in [-0.2, 0) is 14.3 Å². The largest absolute Gasteiger partial charge is 0.457 e. The van der Waals surface area contributed by atoms with Crippen molar-refractivity contribution in [1.29, 1.82) is 0 Å². The van der Waals surface area contributed by atoms with E-state index in [1.807, 2.05) is 13.0 Å². The smallest absolute Gasteiger partial charge is 0.331 e. The fraction of sp³-hybridized carbons (Fsp3) is 0.588. The highest BCUT2D eigenvalue weighted by Gasteiger charge is 2.17. The van der Waals surface area contributed by atoms with Crippen molar-refractivity contribution in [1.82, 2.24) is 0 Å². The van der Waals surface area contributed by atoms with Gasteiger partial charge in [0.1, 0.15) is 6.10 Å². The van der Waals surface area contributed by atoms with E-state index in [4.69, 9.17) is 9.47 Å². The number of carbonyl (C=O) groups excluding carboxylic acids is 1. The Hall–Kier alpha value is -1.39. The molecule has 0 aromatic heterocycles. The van der Waals surface area contributed by atoms with E-state index in [1.165, 1.54) is 11.6 Å². The van der Waals surface area contributed by atoms with E-state index >= 15 is 0 Å². The van der Waals surface area contributed by atoms with Crippen LogP contribution in [0.15, 0.2) is 35.5 Å². The van der Waals surface area contributed by atoms with Crippen molar-refractivity contribution in [2.24, 2.45) is 0 Å². The van der Waals surface area contributed by atoms with Crippen molar-refractivity contribution in [3.63, 3.8) is 0 Å². The van der Waals surface area contributed by atoms with Gasteiger partial charge in [0.25, 0.3) is 0 Å². The molecule has 0 radical (unpaired) electrons. The molecule has 0 saturated carbocycles. The van der Waals surface area contributed by atoms with E-state index in [1.54, 1.807) is 7.11 Å². The summed E-state index contributed by atoms with van der Waals surface area (Å²) in [6.07, 6.45) is 10.1. The molecule has 1 heterocycles. The first-order chi connectivity index (χ1) is 10.0. The van der Waals surface area contributed by atoms with Gasteiger partial charge in [-0.3, -0.25) is 0 Å². The molecule has 0 unspecified atom stereocenters. The third-order valence-electron chi connectivity index (χ3n) is 3.48. The van der Waals surface area contributed by atoms with Gasteiger partial charge in [-0.2, -0.15) is 0 Å². The molecule has 1 rings (SSSR count). The first-order valence-corrected chi connectivity index (χ1v) is 7.39. The molecule has 1 N–H and O–H groups in total. The molecule has 0 aliphatic carbocycles. The zero-order valence-corrected chi connectivity index (χ0v) is 13.2. The van der Waals surface area contributed by atoms with Crippen LogP contribution in [0.4, 0.5) is 0 Å². The van der Waals surface area contributed by atoms with E-state index in [0.29, 0.717) is 6.42 Å². The number of aliphatic hydroxyl groups is 1. The second kappa shape index (κ2) is 9.53. The van der Waals surface area contributed by atoms with Crippen LogP contribution in [0.2, 0.25) is 0 Å². The maximum Gasteiger partial charge on any atom is 0.331 e. The summed E-state index contributed by atoms with van der Waals surface area (Å²) in [6.45, 7) is 3.80. The molecule has 0 bridgehead atoms. The highest BCUT2D eigenvalue weighted by Crippen LogP contribution is 2.14. The van der Waals surface area contributed by atoms with Gasteiger partial charge in [-0.15, -0.1) is 0 Å². The minimum Gasteiger partial charge on any atom is -0.457 e. The normalized spacial score (nSPS) is 32.1. The minimum absolute atomic E-state index is 0.160. The van der Waals surface area contributed by atoms with Crippen LogP contribution < -0.4 is 0 Å². The van der Waals surface area contributed by atoms with Crippen LogP contribution >= 0.6 is 0 Å². The van der Waals surface area contributed by atoms with Gasteiger partial charge in [0.2, 0.25) is 0 Å². The van der Waals surface area contributed by atoms with Gasteiger partial charge in [0.15, 0.2) is 0 Å². The Bertz CT molecular complexity index is 421. The van der Waals surface area contributed by atoms with Gasteiger partial charge in [-0.1, -0.05) is 29.4 Å². The van der Waals surface area contributed by atoms with E-state index in [9.17, 15) is 9.90 Å². The quantitative estimate of drug-likeness (QED) is 0.628. The van der Waals surface area contributed by atoms with Crippen molar-refractivity contribution < 1.29 is 19.4 Å². The number of hydrogen-bond donors (Lipinski definition) is 1. The van der Waals surface area contributed by atoms with Crippen molar-refractivity contribution in [2.45, 2.75) is 51.7 Å². The van der Waals surface area contributed by atoms with Crippen molar-refractivity contribution in [2.75, 3.05) is 13.7 Å². The van der Waals surface area contributed by atoms with Crippen LogP contribution in [0.1, 0.15) is 39.5 Å². The van der Waals surface area contributed by atoms with E-state index in [2.05, 4.69) is 19.1 Å². The topological polar surface area (TPSA) is 55.8 Å². The third-order valence-corrected chi connectivity index (χ3v) is 3.48. The maximum atomic E-state index is 11.8. The molecule has 21 heavy (non-hydrogen) atoms. The lowest BCUT2D eigenvalue weighted by Gasteiger charge is -2.19. The first kappa shape index (κ1) is 17.7. The molecule has 0 aromatic carbocycles. The van der Waals surface area contributed by atoms with Gasteiger partial charge >= 0.3 is 5.97 Å². The number of allylic oxidation sites excluding steroid dienone is 4. The van der Waals surface area contributed by atoms with Crippen LogP contribution in [0.5, 0.6) is 0 Å². The monoisotopic (exact) mass is 294 g/mol. The Morgan fingerprint density at radius 2 is 2.14 bits per heavy atom. The average Bonchev–Trinajstić information content (AvgIpc) is 2.46. The summed E-state index contributed by atoms with van der Waals surface area (Å²) in [5, 5.41) is 9.34. The van der Waals surface area contributed by atoms with Crippen LogP contribution in [0, 0.1) is 0 Å². The molecule has 2 atom stereocenters. The van der Waals surface area contributed by atoms with Gasteiger partial charge in [0.05, 0.1) is 12.7 Å². The number of esters is 1. The number of ether oxygens (including phenoxy) is 2. The Morgan fingerprint density at radius 1 is 1.38 bits per heavy atom. The van der Waals surface area contributed by atoms with E-state index in [0.717, 1.165) is 24.8 Å². The minimum atomic E-state index is -0.545. The number of methoxy groups -OCH3 is 1. The number of rotatable bonds is 2. The lowest BCUT2D eigenvalue weighted by Crippen LogP contribution is -2.26. The summed E-state index contributed by atoms with van der Waals surface area (Å²) in [6, 6.07) is 0. The van der Waals surface area contributed by atoms with E-state index in [-0.39, 0.29) is 12.7 Å². The number of cyclic esters (lactones) is 1. The highest BCUT2D eigenvalue weighted by molar-refractivity contribution is 5.82. The second-order valence-electron chi connectivity index (χ2n) is 5.46. The third kappa shape index (κ3) is 7.25. The molecule has 0 saturated heterocycles. The standard InChI is InChI=1S/C17H26O4/c1-13-6-4-5-7-15(20-3)11-16(12-18)21-17(19)10-14(2)9-8-13/h5,7-8,10,15-16,18H,4,6,9,11-12H2,1-3H3/b7-5+,13-8-,14-10-/t15-,16-/m0/s1. The molecule has 0 amide bonds. The molecule has 0 fully saturated rings. The SMILES string of the molecule is CO[C@H]1/C=C/CC/C(C)=C\C/C(C)=C\C(=O)O[C@H](CO)C1. The summed E-state index contributed by atoms with van der Waals surface area (Å²) in [5.74, 6) is -0.409. The van der Waals surface area contributed by atoms with Crippen molar-refractivity contribution in [3.05, 3.63) is 35.5 Å². The molecular formula is C17H26O4. The molecule has 4 heteroatoms. The maximum absolute atomic E-state index is 11.8. The Balaban J connectivity index is 2.87. The second-order valence-corrected chi connectivity index (χ2v) is 5.46. The lowest BCUT2D eigenvalue weighted by atomic mass is 10.1. The fourth-order valence-corrected chi connectivity index (χ4v) is 2.13. The van der Waals surface area contributed by atoms with Gasteiger partial charge in [-0.05, 0) is 33.1 Å². The number of hydrogen-bond acceptors (Lipinski definition) is 4. The van der Waals surface area contributed by atoms with Crippen LogP contribution in [-0.4, -0.2) is 37.0 Å². The number of carbonyl (C=O) groups is 1. The predicted molar refractivity (Wildman–Crippen MR) is 82.9 cm³/mol. The van der Waals surface area contributed by atoms with Gasteiger partial charge in [0, 0.05) is 19.6 Å². The molecular weight excluding hydrogens is 268 g/mol. The fourth-order valence-electron chi connectivity index (χ4n) is 2.13. The molecule has 118 valence electrons. The zero-order chi connectivity index (χ0) is 15.7. The average molecular weight is 294 g/mol. The number of aliphatic hydroxyl groups excluding tert-OH is 1. The van der Waals surface area contributed by atoms with Crippen LogP contribution in [0.25, 0.3) is 0 Å². The summed E-state index contributed by atoms with van der Waals surface area (Å²) >= 11 is 0. The Labute approximate surface area is 127 Å².